The molecule has 0 saturated heterocycles. The minimum Gasteiger partial charge on any atom is -0.497 e. The van der Waals surface area contributed by atoms with Crippen molar-refractivity contribution in [1.29, 1.82) is 0 Å². The third-order valence-electron chi connectivity index (χ3n) is 4.25. The molecule has 0 heterocycles. The van der Waals surface area contributed by atoms with Crippen molar-refractivity contribution >= 4 is 0 Å². The molecule has 1 unspecified atom stereocenters. The van der Waals surface area contributed by atoms with Crippen molar-refractivity contribution < 1.29 is 9.47 Å². The smallest absolute Gasteiger partial charge is 0.119 e. The number of benzene rings is 1. The highest BCUT2D eigenvalue weighted by Crippen LogP contribution is 2.30. The van der Waals surface area contributed by atoms with Gasteiger partial charge in [0.15, 0.2) is 0 Å². The standard InChI is InChI=1S/C18H29NO2/c1-14(2)19-13-18(21-11-10-15-6-4-7-15)16-8-5-9-17(12-16)20-3/h5,8-9,12,14-15,18-19H,4,6-7,10-11,13H2,1-3H3. The van der Waals surface area contributed by atoms with E-state index in [1.807, 2.05) is 12.1 Å². The van der Waals surface area contributed by atoms with Gasteiger partial charge in [-0.2, -0.15) is 0 Å². The van der Waals surface area contributed by atoms with Crippen LogP contribution < -0.4 is 10.1 Å². The van der Waals surface area contributed by atoms with Crippen molar-refractivity contribution in [3.8, 4) is 5.75 Å². The van der Waals surface area contributed by atoms with Crippen LogP contribution in [-0.4, -0.2) is 26.3 Å². The molecule has 1 aliphatic rings. The number of ether oxygens (including phenoxy) is 2. The van der Waals surface area contributed by atoms with Crippen molar-refractivity contribution in [2.24, 2.45) is 5.92 Å². The Hall–Kier alpha value is -1.06. The van der Waals surface area contributed by atoms with E-state index in [9.17, 15) is 0 Å². The molecule has 118 valence electrons. The lowest BCUT2D eigenvalue weighted by Gasteiger charge is -2.27. The molecular weight excluding hydrogens is 262 g/mol. The molecule has 1 N–H and O–H groups in total. The van der Waals surface area contributed by atoms with Crippen LogP contribution in [0.4, 0.5) is 0 Å². The third kappa shape index (κ3) is 5.33. The molecule has 0 amide bonds. The van der Waals surface area contributed by atoms with Crippen LogP contribution in [0.2, 0.25) is 0 Å². The summed E-state index contributed by atoms with van der Waals surface area (Å²) in [5.74, 6) is 1.79. The first-order valence-corrected chi connectivity index (χ1v) is 8.18. The summed E-state index contributed by atoms with van der Waals surface area (Å²) in [4.78, 5) is 0. The molecule has 1 fully saturated rings. The molecule has 2 rings (SSSR count). The molecule has 0 bridgehead atoms. The Morgan fingerprint density at radius 1 is 1.29 bits per heavy atom. The van der Waals surface area contributed by atoms with Crippen LogP contribution in [0.3, 0.4) is 0 Å². The van der Waals surface area contributed by atoms with Crippen LogP contribution >= 0.6 is 0 Å². The predicted octanol–water partition coefficient (Wildman–Crippen LogP) is 3.94. The van der Waals surface area contributed by atoms with Crippen molar-refractivity contribution in [3.63, 3.8) is 0 Å². The van der Waals surface area contributed by atoms with E-state index < -0.39 is 0 Å². The molecule has 1 saturated carbocycles. The van der Waals surface area contributed by atoms with E-state index in [4.69, 9.17) is 9.47 Å². The van der Waals surface area contributed by atoms with Crippen LogP contribution in [0.5, 0.6) is 5.75 Å². The van der Waals surface area contributed by atoms with E-state index in [0.717, 1.165) is 24.8 Å². The maximum atomic E-state index is 6.17. The van der Waals surface area contributed by atoms with Crippen LogP contribution in [0, 0.1) is 5.92 Å². The molecule has 0 radical (unpaired) electrons. The Morgan fingerprint density at radius 3 is 2.71 bits per heavy atom. The first-order chi connectivity index (χ1) is 10.2. The van der Waals surface area contributed by atoms with Gasteiger partial charge in [0.05, 0.1) is 13.2 Å². The summed E-state index contributed by atoms with van der Waals surface area (Å²) in [6, 6.07) is 8.68. The first-order valence-electron chi connectivity index (χ1n) is 8.18. The van der Waals surface area contributed by atoms with E-state index in [1.54, 1.807) is 7.11 Å². The topological polar surface area (TPSA) is 30.5 Å². The number of methoxy groups -OCH3 is 1. The Balaban J connectivity index is 1.92. The van der Waals surface area contributed by atoms with Gasteiger partial charge in [0.1, 0.15) is 5.75 Å². The molecule has 3 nitrogen and oxygen atoms in total. The number of rotatable bonds is 9. The van der Waals surface area contributed by atoms with Crippen LogP contribution in [0.25, 0.3) is 0 Å². The number of nitrogens with one attached hydrogen (secondary N) is 1. The lowest BCUT2D eigenvalue weighted by atomic mass is 9.83. The van der Waals surface area contributed by atoms with E-state index in [2.05, 4.69) is 31.3 Å². The Morgan fingerprint density at radius 2 is 2.10 bits per heavy atom. The van der Waals surface area contributed by atoms with Gasteiger partial charge in [-0.1, -0.05) is 45.2 Å². The van der Waals surface area contributed by atoms with E-state index >= 15 is 0 Å². The Kier molecular flexibility index (Phi) is 6.52. The second-order valence-electron chi connectivity index (χ2n) is 6.28. The Labute approximate surface area is 129 Å². The second kappa shape index (κ2) is 8.40. The quantitative estimate of drug-likeness (QED) is 0.747. The summed E-state index contributed by atoms with van der Waals surface area (Å²) in [5, 5.41) is 3.48. The first kappa shape index (κ1) is 16.3. The van der Waals surface area contributed by atoms with E-state index in [-0.39, 0.29) is 6.10 Å². The molecular formula is C18H29NO2. The van der Waals surface area contributed by atoms with E-state index in [1.165, 1.54) is 31.2 Å². The van der Waals surface area contributed by atoms with Gasteiger partial charge in [-0.05, 0) is 30.0 Å². The van der Waals surface area contributed by atoms with Gasteiger partial charge < -0.3 is 14.8 Å². The van der Waals surface area contributed by atoms with Crippen LogP contribution in [0.1, 0.15) is 51.2 Å². The van der Waals surface area contributed by atoms with Gasteiger partial charge >= 0.3 is 0 Å². The highest BCUT2D eigenvalue weighted by Gasteiger charge is 2.19. The van der Waals surface area contributed by atoms with Crippen molar-refractivity contribution in [3.05, 3.63) is 29.8 Å². The van der Waals surface area contributed by atoms with Gasteiger partial charge in [-0.15, -0.1) is 0 Å². The molecule has 1 aromatic carbocycles. The normalized spacial score (nSPS) is 16.8. The van der Waals surface area contributed by atoms with Crippen molar-refractivity contribution in [2.75, 3.05) is 20.3 Å². The Bertz CT molecular complexity index is 415. The predicted molar refractivity (Wildman–Crippen MR) is 86.8 cm³/mol. The molecule has 21 heavy (non-hydrogen) atoms. The highest BCUT2D eigenvalue weighted by atomic mass is 16.5. The molecule has 3 heteroatoms. The highest BCUT2D eigenvalue weighted by molar-refractivity contribution is 5.30. The van der Waals surface area contributed by atoms with Crippen molar-refractivity contribution in [2.45, 2.75) is 51.7 Å². The maximum absolute atomic E-state index is 6.17. The zero-order chi connectivity index (χ0) is 15.1. The third-order valence-corrected chi connectivity index (χ3v) is 4.25. The summed E-state index contributed by atoms with van der Waals surface area (Å²) < 4.78 is 11.5. The average Bonchev–Trinajstić information content (AvgIpc) is 2.44. The molecule has 0 aliphatic heterocycles. The summed E-state index contributed by atoms with van der Waals surface area (Å²) in [6.45, 7) is 6.02. The molecule has 1 aromatic rings. The molecule has 0 aromatic heterocycles. The van der Waals surface area contributed by atoms with E-state index in [0.29, 0.717) is 6.04 Å². The SMILES string of the molecule is COc1cccc(C(CNC(C)C)OCCC2CCC2)c1. The number of hydrogen-bond donors (Lipinski definition) is 1. The van der Waals surface area contributed by atoms with Gasteiger partial charge in [-0.3, -0.25) is 0 Å². The van der Waals surface area contributed by atoms with Crippen LogP contribution in [0.15, 0.2) is 24.3 Å². The van der Waals surface area contributed by atoms with Gasteiger partial charge in [0.2, 0.25) is 0 Å². The fourth-order valence-corrected chi connectivity index (χ4v) is 2.62. The van der Waals surface area contributed by atoms with Gasteiger partial charge in [-0.25, -0.2) is 0 Å². The largest absolute Gasteiger partial charge is 0.497 e. The second-order valence-corrected chi connectivity index (χ2v) is 6.28. The minimum absolute atomic E-state index is 0.0996. The summed E-state index contributed by atoms with van der Waals surface area (Å²) in [7, 11) is 1.71. The molecule has 1 aliphatic carbocycles. The summed E-state index contributed by atoms with van der Waals surface area (Å²) in [5.41, 5.74) is 1.19. The lowest BCUT2D eigenvalue weighted by Crippen LogP contribution is -2.29. The number of hydrogen-bond acceptors (Lipinski definition) is 3. The zero-order valence-electron chi connectivity index (χ0n) is 13.6. The minimum atomic E-state index is 0.0996. The van der Waals surface area contributed by atoms with Crippen LogP contribution in [-0.2, 0) is 4.74 Å². The summed E-state index contributed by atoms with van der Waals surface area (Å²) >= 11 is 0. The van der Waals surface area contributed by atoms with Crippen molar-refractivity contribution in [1.82, 2.24) is 5.32 Å². The summed E-state index contributed by atoms with van der Waals surface area (Å²) in [6.07, 6.45) is 5.47. The molecule has 1 atom stereocenters. The lowest BCUT2D eigenvalue weighted by molar-refractivity contribution is 0.0360. The average molecular weight is 291 g/mol. The van der Waals surface area contributed by atoms with Gasteiger partial charge in [0, 0.05) is 19.2 Å². The fraction of sp³-hybridized carbons (Fsp3) is 0.667. The zero-order valence-corrected chi connectivity index (χ0v) is 13.6. The van der Waals surface area contributed by atoms with Gasteiger partial charge in [0.25, 0.3) is 0 Å². The maximum Gasteiger partial charge on any atom is 0.119 e. The molecule has 0 spiro atoms. The monoisotopic (exact) mass is 291 g/mol. The fourth-order valence-electron chi connectivity index (χ4n) is 2.62.